The molecule has 0 spiro atoms. The van der Waals surface area contributed by atoms with Gasteiger partial charge in [-0.05, 0) is 43.1 Å². The van der Waals surface area contributed by atoms with E-state index in [-0.39, 0.29) is 47.4 Å². The number of carbonyl (C=O) groups is 4. The molecule has 4 atom stereocenters. The van der Waals surface area contributed by atoms with Gasteiger partial charge in [0.25, 0.3) is 0 Å². The number of carbonyl (C=O) groups excluding carboxylic acids is 4. The van der Waals surface area contributed by atoms with Crippen LogP contribution >= 0.6 is 0 Å². The second-order valence-electron chi connectivity index (χ2n) is 9.05. The second-order valence-corrected chi connectivity index (χ2v) is 9.05. The van der Waals surface area contributed by atoms with Crippen molar-refractivity contribution in [3.63, 3.8) is 0 Å². The lowest BCUT2D eigenvalue weighted by Crippen LogP contribution is -2.54. The van der Waals surface area contributed by atoms with Crippen molar-refractivity contribution in [1.29, 1.82) is 0 Å². The van der Waals surface area contributed by atoms with Crippen LogP contribution in [0.5, 0.6) is 0 Å². The summed E-state index contributed by atoms with van der Waals surface area (Å²) < 4.78 is 5.54. The molecule has 0 aromatic heterocycles. The van der Waals surface area contributed by atoms with Crippen LogP contribution in [0.1, 0.15) is 59.8 Å². The molecule has 0 heterocycles. The number of hydrogen-bond acceptors (Lipinski definition) is 5. The zero-order valence-corrected chi connectivity index (χ0v) is 16.6. The first kappa shape index (κ1) is 19.7. The smallest absolute Gasteiger partial charge is 0.303 e. The number of rotatable bonds is 1. The number of esters is 1. The summed E-state index contributed by atoms with van der Waals surface area (Å²) >= 11 is 0. The standard InChI is InChI=1S/C22H28O5/c1-12-14-6-7-18(24)22(5)17(21(3,4)9-8-19(22)25)11-16(27-13(2)23)15(10-14)20(12)26/h10,14,16-17H,1,6-9,11H2,2-5H3/t14-,16-,17-,22-/m1/s1. The number of fused-ring (bicyclic) bond motifs is 2. The molecule has 0 N–H and O–H groups in total. The molecule has 3 rings (SSSR count). The summed E-state index contributed by atoms with van der Waals surface area (Å²) in [6.07, 6.45) is 3.10. The molecule has 0 amide bonds. The minimum absolute atomic E-state index is 0.0366. The molecule has 3 aliphatic rings. The maximum absolute atomic E-state index is 13.2. The lowest BCUT2D eigenvalue weighted by Gasteiger charge is -2.50. The topological polar surface area (TPSA) is 77.5 Å². The van der Waals surface area contributed by atoms with E-state index in [1.54, 1.807) is 6.92 Å². The summed E-state index contributed by atoms with van der Waals surface area (Å²) in [6, 6.07) is 0. The van der Waals surface area contributed by atoms with Crippen molar-refractivity contribution in [2.45, 2.75) is 65.9 Å². The van der Waals surface area contributed by atoms with E-state index in [1.807, 2.05) is 6.08 Å². The first-order valence-electron chi connectivity index (χ1n) is 9.67. The van der Waals surface area contributed by atoms with Crippen LogP contribution in [0.3, 0.4) is 0 Å². The molecule has 0 aromatic carbocycles. The van der Waals surface area contributed by atoms with Gasteiger partial charge < -0.3 is 4.74 Å². The highest BCUT2D eigenvalue weighted by Gasteiger charge is 2.57. The molecule has 2 bridgehead atoms. The van der Waals surface area contributed by atoms with Crippen molar-refractivity contribution in [3.05, 3.63) is 23.8 Å². The van der Waals surface area contributed by atoms with Crippen molar-refractivity contribution in [3.8, 4) is 0 Å². The fourth-order valence-electron chi connectivity index (χ4n) is 5.21. The summed E-state index contributed by atoms with van der Waals surface area (Å²) in [6.45, 7) is 11.1. The SMILES string of the molecule is C=C1C(=O)C2=C[C@H]1CCC(=O)[C@]1(C)C(=O)CCC(C)(C)[C@H]1C[C@H]2OC(C)=O. The van der Waals surface area contributed by atoms with E-state index in [1.165, 1.54) is 6.92 Å². The summed E-state index contributed by atoms with van der Waals surface area (Å²) in [5.41, 5.74) is -0.502. The second kappa shape index (κ2) is 6.54. The summed E-state index contributed by atoms with van der Waals surface area (Å²) in [7, 11) is 0. The normalized spacial score (nSPS) is 36.1. The largest absolute Gasteiger partial charge is 0.458 e. The van der Waals surface area contributed by atoms with E-state index in [0.29, 0.717) is 30.4 Å². The Morgan fingerprint density at radius 3 is 2.41 bits per heavy atom. The maximum Gasteiger partial charge on any atom is 0.303 e. The van der Waals surface area contributed by atoms with Gasteiger partial charge in [0.2, 0.25) is 0 Å². The van der Waals surface area contributed by atoms with Crippen LogP contribution < -0.4 is 0 Å². The predicted octanol–water partition coefficient (Wildman–Crippen LogP) is 3.36. The molecule has 146 valence electrons. The fourth-order valence-corrected chi connectivity index (χ4v) is 5.21. The van der Waals surface area contributed by atoms with Crippen molar-refractivity contribution >= 4 is 23.3 Å². The van der Waals surface area contributed by atoms with Gasteiger partial charge >= 0.3 is 5.97 Å². The molecular weight excluding hydrogens is 344 g/mol. The van der Waals surface area contributed by atoms with Crippen molar-refractivity contribution in [2.75, 3.05) is 0 Å². The molecule has 3 aliphatic carbocycles. The van der Waals surface area contributed by atoms with E-state index in [0.717, 1.165) is 0 Å². The van der Waals surface area contributed by atoms with Crippen LogP contribution in [-0.4, -0.2) is 29.4 Å². The van der Waals surface area contributed by atoms with Gasteiger partial charge in [0, 0.05) is 31.3 Å². The zero-order valence-electron chi connectivity index (χ0n) is 16.6. The third kappa shape index (κ3) is 3.11. The predicted molar refractivity (Wildman–Crippen MR) is 99.8 cm³/mol. The minimum atomic E-state index is -1.11. The summed E-state index contributed by atoms with van der Waals surface area (Å²) in [5.74, 6) is -1.32. The van der Waals surface area contributed by atoms with Crippen molar-refractivity contribution in [2.24, 2.45) is 22.7 Å². The average molecular weight is 372 g/mol. The van der Waals surface area contributed by atoms with Crippen LogP contribution in [-0.2, 0) is 23.9 Å². The van der Waals surface area contributed by atoms with Crippen LogP contribution in [0, 0.1) is 22.7 Å². The van der Waals surface area contributed by atoms with Gasteiger partial charge in [-0.3, -0.25) is 19.2 Å². The number of allylic oxidation sites excluding steroid dienone is 2. The maximum atomic E-state index is 13.2. The van der Waals surface area contributed by atoms with Crippen LogP contribution in [0.15, 0.2) is 23.8 Å². The van der Waals surface area contributed by atoms with E-state index < -0.39 is 17.5 Å². The van der Waals surface area contributed by atoms with Gasteiger partial charge in [0.15, 0.2) is 5.78 Å². The molecule has 0 aromatic rings. The lowest BCUT2D eigenvalue weighted by atomic mass is 9.52. The number of ether oxygens (including phenoxy) is 1. The van der Waals surface area contributed by atoms with Gasteiger partial charge in [-0.2, -0.15) is 0 Å². The van der Waals surface area contributed by atoms with E-state index >= 15 is 0 Å². The molecule has 0 aliphatic heterocycles. The summed E-state index contributed by atoms with van der Waals surface area (Å²) in [4.78, 5) is 50.6. The Hall–Kier alpha value is -2.04. The Morgan fingerprint density at radius 1 is 1.15 bits per heavy atom. The van der Waals surface area contributed by atoms with E-state index in [9.17, 15) is 19.2 Å². The first-order chi connectivity index (χ1) is 12.5. The Morgan fingerprint density at radius 2 is 1.78 bits per heavy atom. The van der Waals surface area contributed by atoms with Crippen molar-refractivity contribution < 1.29 is 23.9 Å². The Kier molecular flexibility index (Phi) is 4.77. The third-order valence-corrected chi connectivity index (χ3v) is 6.96. The van der Waals surface area contributed by atoms with Crippen LogP contribution in [0.25, 0.3) is 0 Å². The van der Waals surface area contributed by atoms with Crippen molar-refractivity contribution in [1.82, 2.24) is 0 Å². The Labute approximate surface area is 160 Å². The molecule has 5 nitrogen and oxygen atoms in total. The minimum Gasteiger partial charge on any atom is -0.458 e. The third-order valence-electron chi connectivity index (χ3n) is 6.96. The van der Waals surface area contributed by atoms with Gasteiger partial charge in [-0.25, -0.2) is 0 Å². The first-order valence-corrected chi connectivity index (χ1v) is 9.67. The van der Waals surface area contributed by atoms with Gasteiger partial charge in [-0.15, -0.1) is 0 Å². The monoisotopic (exact) mass is 372 g/mol. The number of hydrogen-bond donors (Lipinski definition) is 0. The Bertz CT molecular complexity index is 772. The Balaban J connectivity index is 2.13. The molecule has 1 saturated carbocycles. The molecule has 0 saturated heterocycles. The van der Waals surface area contributed by atoms with E-state index in [2.05, 4.69) is 20.4 Å². The highest BCUT2D eigenvalue weighted by molar-refractivity contribution is 6.12. The number of ketones is 3. The molecule has 0 unspecified atom stereocenters. The molecule has 27 heavy (non-hydrogen) atoms. The molecule has 0 radical (unpaired) electrons. The van der Waals surface area contributed by atoms with Gasteiger partial charge in [0.1, 0.15) is 17.7 Å². The fraction of sp³-hybridized carbons (Fsp3) is 0.636. The van der Waals surface area contributed by atoms with Crippen LogP contribution in [0.2, 0.25) is 0 Å². The van der Waals surface area contributed by atoms with E-state index in [4.69, 9.17) is 4.74 Å². The highest BCUT2D eigenvalue weighted by atomic mass is 16.5. The average Bonchev–Trinajstić information content (AvgIpc) is 2.86. The summed E-state index contributed by atoms with van der Waals surface area (Å²) in [5, 5.41) is 0. The lowest BCUT2D eigenvalue weighted by molar-refractivity contribution is -0.156. The zero-order chi connectivity index (χ0) is 20.1. The van der Waals surface area contributed by atoms with Gasteiger partial charge in [0.05, 0.1) is 5.41 Å². The molecule has 5 heteroatoms. The highest BCUT2D eigenvalue weighted by Crippen LogP contribution is 2.54. The number of Topliss-reactive ketones (excluding diaryl/α,β-unsaturated/α-hetero) is 3. The van der Waals surface area contributed by atoms with Crippen LogP contribution in [0.4, 0.5) is 0 Å². The molecule has 1 fully saturated rings. The quantitative estimate of drug-likeness (QED) is 0.401. The molecular formula is C22H28O5. The van der Waals surface area contributed by atoms with Gasteiger partial charge in [-0.1, -0.05) is 26.5 Å².